The summed E-state index contributed by atoms with van der Waals surface area (Å²) >= 11 is 0. The Morgan fingerprint density at radius 3 is 2.26 bits per heavy atom. The minimum absolute atomic E-state index is 0.164. The Morgan fingerprint density at radius 2 is 1.65 bits per heavy atom. The number of hydrogen-bond acceptors (Lipinski definition) is 3. The summed E-state index contributed by atoms with van der Waals surface area (Å²) in [6.45, 7) is 3.24. The molecular weight excluding hydrogens is 290 g/mol. The quantitative estimate of drug-likeness (QED) is 0.869. The number of carbonyl (C=O) groups excluding carboxylic acids is 2. The molecule has 3 rings (SSSR count). The van der Waals surface area contributed by atoms with Gasteiger partial charge in [0.15, 0.2) is 0 Å². The van der Waals surface area contributed by atoms with E-state index in [-0.39, 0.29) is 11.8 Å². The lowest BCUT2D eigenvalue weighted by Gasteiger charge is -2.34. The molecular formula is C18H25N3O2. The van der Waals surface area contributed by atoms with Crippen molar-refractivity contribution in [2.45, 2.75) is 32.1 Å². The van der Waals surface area contributed by atoms with Crippen LogP contribution in [0.25, 0.3) is 0 Å². The lowest BCUT2D eigenvalue weighted by Crippen LogP contribution is -2.45. The molecule has 1 aromatic rings. The van der Waals surface area contributed by atoms with Crippen molar-refractivity contribution in [2.24, 2.45) is 5.92 Å². The average Bonchev–Trinajstić information content (AvgIpc) is 2.63. The van der Waals surface area contributed by atoms with Crippen LogP contribution in [0.3, 0.4) is 0 Å². The van der Waals surface area contributed by atoms with Gasteiger partial charge >= 0.3 is 0 Å². The minimum Gasteiger partial charge on any atom is -0.368 e. The largest absolute Gasteiger partial charge is 0.368 e. The van der Waals surface area contributed by atoms with Gasteiger partial charge in [-0.3, -0.25) is 9.59 Å². The van der Waals surface area contributed by atoms with Crippen molar-refractivity contribution in [1.82, 2.24) is 4.90 Å². The molecule has 1 N–H and O–H groups in total. The lowest BCUT2D eigenvalue weighted by atomic mass is 9.88. The molecule has 0 aromatic heterocycles. The molecule has 5 heteroatoms. The van der Waals surface area contributed by atoms with E-state index in [1.54, 1.807) is 4.90 Å². The van der Waals surface area contributed by atoms with Gasteiger partial charge < -0.3 is 15.1 Å². The predicted molar refractivity (Wildman–Crippen MR) is 91.5 cm³/mol. The molecule has 1 aliphatic carbocycles. The number of anilines is 2. The van der Waals surface area contributed by atoms with E-state index in [0.717, 1.165) is 56.8 Å². The Bertz CT molecular complexity index is 530. The zero-order chi connectivity index (χ0) is 16.1. The van der Waals surface area contributed by atoms with Gasteiger partial charge in [0.1, 0.15) is 0 Å². The fourth-order valence-electron chi connectivity index (χ4n) is 3.45. The number of carbonyl (C=O) groups is 2. The minimum atomic E-state index is 0.164. The zero-order valence-corrected chi connectivity index (χ0v) is 13.5. The molecule has 1 aromatic carbocycles. The van der Waals surface area contributed by atoms with Crippen LogP contribution in [0.5, 0.6) is 0 Å². The van der Waals surface area contributed by atoms with E-state index in [0.29, 0.717) is 0 Å². The van der Waals surface area contributed by atoms with Crippen LogP contribution in [-0.2, 0) is 9.59 Å². The van der Waals surface area contributed by atoms with E-state index in [9.17, 15) is 9.59 Å². The molecule has 23 heavy (non-hydrogen) atoms. The summed E-state index contributed by atoms with van der Waals surface area (Å²) < 4.78 is 0. The van der Waals surface area contributed by atoms with Crippen LogP contribution in [0.15, 0.2) is 24.3 Å². The number of piperazine rings is 1. The summed E-state index contributed by atoms with van der Waals surface area (Å²) in [5.41, 5.74) is 2.02. The Labute approximate surface area is 137 Å². The summed E-state index contributed by atoms with van der Waals surface area (Å²) in [5.74, 6) is 0.344. The molecule has 0 atom stereocenters. The summed E-state index contributed by atoms with van der Waals surface area (Å²) in [5, 5.41) is 3.05. The standard InChI is InChI=1S/C18H25N3O2/c22-14-20-10-12-21(13-11-20)17-8-6-16(7-9-17)19-18(23)15-4-2-1-3-5-15/h6-9,14-15H,1-5,10-13H2,(H,19,23). The fraction of sp³-hybridized carbons (Fsp3) is 0.556. The van der Waals surface area contributed by atoms with Crippen molar-refractivity contribution in [3.8, 4) is 0 Å². The monoisotopic (exact) mass is 315 g/mol. The van der Waals surface area contributed by atoms with Gasteiger partial charge in [-0.1, -0.05) is 19.3 Å². The molecule has 0 unspecified atom stereocenters. The van der Waals surface area contributed by atoms with Crippen LogP contribution in [0, 0.1) is 5.92 Å². The number of nitrogens with zero attached hydrogens (tertiary/aromatic N) is 2. The predicted octanol–water partition coefficient (Wildman–Crippen LogP) is 2.48. The Kier molecular flexibility index (Phi) is 5.16. The average molecular weight is 315 g/mol. The first-order valence-electron chi connectivity index (χ1n) is 8.61. The molecule has 2 amide bonds. The smallest absolute Gasteiger partial charge is 0.227 e. The van der Waals surface area contributed by atoms with Crippen molar-refractivity contribution >= 4 is 23.7 Å². The van der Waals surface area contributed by atoms with Crippen molar-refractivity contribution in [3.05, 3.63) is 24.3 Å². The molecule has 2 fully saturated rings. The van der Waals surface area contributed by atoms with Crippen molar-refractivity contribution in [3.63, 3.8) is 0 Å². The first-order valence-corrected chi connectivity index (χ1v) is 8.61. The molecule has 0 bridgehead atoms. The SMILES string of the molecule is O=CN1CCN(c2ccc(NC(=O)C3CCCCC3)cc2)CC1. The molecule has 0 radical (unpaired) electrons. The van der Waals surface area contributed by atoms with E-state index in [4.69, 9.17) is 0 Å². The molecule has 124 valence electrons. The van der Waals surface area contributed by atoms with Gasteiger partial charge in [-0.2, -0.15) is 0 Å². The van der Waals surface area contributed by atoms with Crippen molar-refractivity contribution in [2.75, 3.05) is 36.4 Å². The molecule has 1 aliphatic heterocycles. The topological polar surface area (TPSA) is 52.7 Å². The van der Waals surface area contributed by atoms with Gasteiger partial charge in [-0.15, -0.1) is 0 Å². The molecule has 5 nitrogen and oxygen atoms in total. The first-order chi connectivity index (χ1) is 11.3. The third-order valence-electron chi connectivity index (χ3n) is 4.94. The number of nitrogens with one attached hydrogen (secondary N) is 1. The molecule has 1 saturated heterocycles. The molecule has 1 heterocycles. The summed E-state index contributed by atoms with van der Waals surface area (Å²) in [6.07, 6.45) is 6.56. The van der Waals surface area contributed by atoms with Crippen LogP contribution in [0.4, 0.5) is 11.4 Å². The first kappa shape index (κ1) is 15.8. The summed E-state index contributed by atoms with van der Waals surface area (Å²) in [6, 6.07) is 8.05. The van der Waals surface area contributed by atoms with Crippen LogP contribution in [0.2, 0.25) is 0 Å². The lowest BCUT2D eigenvalue weighted by molar-refractivity contribution is -0.120. The summed E-state index contributed by atoms with van der Waals surface area (Å²) in [4.78, 5) is 27.1. The maximum atomic E-state index is 12.3. The van der Waals surface area contributed by atoms with Gasteiger partial charge in [-0.25, -0.2) is 0 Å². The molecule has 2 aliphatic rings. The summed E-state index contributed by atoms with van der Waals surface area (Å²) in [7, 11) is 0. The van der Waals surface area contributed by atoms with Crippen molar-refractivity contribution < 1.29 is 9.59 Å². The highest BCUT2D eigenvalue weighted by Crippen LogP contribution is 2.25. The van der Waals surface area contributed by atoms with Crippen LogP contribution < -0.4 is 10.2 Å². The fourth-order valence-corrected chi connectivity index (χ4v) is 3.45. The second kappa shape index (κ2) is 7.49. The maximum absolute atomic E-state index is 12.3. The normalized spacial score (nSPS) is 19.5. The Balaban J connectivity index is 1.54. The number of amides is 2. The third kappa shape index (κ3) is 4.03. The number of rotatable bonds is 4. The van der Waals surface area contributed by atoms with E-state index in [1.165, 1.54) is 19.3 Å². The highest BCUT2D eigenvalue weighted by Gasteiger charge is 2.21. The second-order valence-electron chi connectivity index (χ2n) is 6.50. The van der Waals surface area contributed by atoms with Gasteiger partial charge in [0, 0.05) is 43.5 Å². The van der Waals surface area contributed by atoms with Crippen LogP contribution in [0.1, 0.15) is 32.1 Å². The van der Waals surface area contributed by atoms with E-state index in [2.05, 4.69) is 10.2 Å². The van der Waals surface area contributed by atoms with E-state index < -0.39 is 0 Å². The van der Waals surface area contributed by atoms with E-state index in [1.807, 2.05) is 24.3 Å². The van der Waals surface area contributed by atoms with Gasteiger partial charge in [0.25, 0.3) is 0 Å². The van der Waals surface area contributed by atoms with Crippen molar-refractivity contribution in [1.29, 1.82) is 0 Å². The number of hydrogen-bond donors (Lipinski definition) is 1. The zero-order valence-electron chi connectivity index (χ0n) is 13.5. The Morgan fingerprint density at radius 1 is 1.00 bits per heavy atom. The van der Waals surface area contributed by atoms with Gasteiger partial charge in [0.2, 0.25) is 12.3 Å². The Hall–Kier alpha value is -2.04. The van der Waals surface area contributed by atoms with Gasteiger partial charge in [0.05, 0.1) is 0 Å². The van der Waals surface area contributed by atoms with E-state index >= 15 is 0 Å². The maximum Gasteiger partial charge on any atom is 0.227 e. The highest BCUT2D eigenvalue weighted by molar-refractivity contribution is 5.92. The second-order valence-corrected chi connectivity index (χ2v) is 6.50. The molecule has 0 spiro atoms. The van der Waals surface area contributed by atoms with Crippen LogP contribution in [-0.4, -0.2) is 43.4 Å². The highest BCUT2D eigenvalue weighted by atomic mass is 16.2. The molecule has 1 saturated carbocycles. The van der Waals surface area contributed by atoms with Crippen LogP contribution >= 0.6 is 0 Å². The number of benzene rings is 1. The van der Waals surface area contributed by atoms with Gasteiger partial charge in [-0.05, 0) is 37.1 Å². The third-order valence-corrected chi connectivity index (χ3v) is 4.94.